The number of rotatable bonds is 4. The molecule has 0 fully saturated rings. The van der Waals surface area contributed by atoms with Crippen LogP contribution in [0, 0.1) is 0 Å². The van der Waals surface area contributed by atoms with Gasteiger partial charge in [0.1, 0.15) is 5.69 Å². The zero-order valence-electron chi connectivity index (χ0n) is 9.74. The summed E-state index contributed by atoms with van der Waals surface area (Å²) in [6, 6.07) is 3.55. The summed E-state index contributed by atoms with van der Waals surface area (Å²) in [4.78, 5) is 30.2. The Hall–Kier alpha value is -2.54. The fourth-order valence-electron chi connectivity index (χ4n) is 1.24. The van der Waals surface area contributed by atoms with Crippen molar-refractivity contribution in [2.45, 2.75) is 0 Å². The molecule has 0 aliphatic rings. The summed E-state index contributed by atoms with van der Waals surface area (Å²) < 4.78 is 0. The maximum atomic E-state index is 11.6. The van der Waals surface area contributed by atoms with Crippen molar-refractivity contribution in [1.29, 1.82) is 0 Å². The first-order valence-electron chi connectivity index (χ1n) is 5.29. The molecule has 7 heteroatoms. The van der Waals surface area contributed by atoms with E-state index in [0.717, 1.165) is 16.9 Å². The van der Waals surface area contributed by atoms with E-state index in [4.69, 9.17) is 5.73 Å². The van der Waals surface area contributed by atoms with E-state index in [0.29, 0.717) is 5.13 Å². The van der Waals surface area contributed by atoms with Gasteiger partial charge in [-0.15, -0.1) is 11.3 Å². The third-order valence-electron chi connectivity index (χ3n) is 2.12. The third-order valence-corrected chi connectivity index (χ3v) is 2.88. The molecule has 0 bridgehead atoms. The van der Waals surface area contributed by atoms with Crippen molar-refractivity contribution >= 4 is 34.4 Å². The van der Waals surface area contributed by atoms with Crippen molar-refractivity contribution in [3.8, 4) is 0 Å². The van der Waals surface area contributed by atoms with Gasteiger partial charge < -0.3 is 5.73 Å². The second-order valence-corrected chi connectivity index (χ2v) is 4.36. The summed E-state index contributed by atoms with van der Waals surface area (Å²) >= 11 is 1.14. The van der Waals surface area contributed by atoms with Crippen molar-refractivity contribution in [2.24, 2.45) is 5.73 Å². The van der Waals surface area contributed by atoms with Gasteiger partial charge in [-0.05, 0) is 23.8 Å². The van der Waals surface area contributed by atoms with Gasteiger partial charge in [-0.25, -0.2) is 4.98 Å². The quantitative estimate of drug-likeness (QED) is 0.821. The summed E-state index contributed by atoms with van der Waals surface area (Å²) in [5.74, 6) is -0.953. The second kappa shape index (κ2) is 5.87. The number of hydrogen-bond donors (Lipinski definition) is 2. The van der Waals surface area contributed by atoms with Crippen molar-refractivity contribution in [3.63, 3.8) is 0 Å². The van der Waals surface area contributed by atoms with E-state index in [2.05, 4.69) is 15.3 Å². The van der Waals surface area contributed by atoms with Crippen LogP contribution in [0.1, 0.15) is 16.1 Å². The molecule has 2 rings (SSSR count). The predicted octanol–water partition coefficient (Wildman–Crippen LogP) is 1.29. The second-order valence-electron chi connectivity index (χ2n) is 3.51. The van der Waals surface area contributed by atoms with E-state index in [9.17, 15) is 9.59 Å². The Morgan fingerprint density at radius 3 is 2.68 bits per heavy atom. The molecule has 2 amide bonds. The number of pyridine rings is 1. The van der Waals surface area contributed by atoms with Crippen LogP contribution in [0.3, 0.4) is 0 Å². The summed E-state index contributed by atoms with van der Waals surface area (Å²) in [6.45, 7) is 0. The zero-order valence-corrected chi connectivity index (χ0v) is 10.6. The first-order chi connectivity index (χ1) is 9.15. The Morgan fingerprint density at radius 2 is 2.05 bits per heavy atom. The number of nitrogens with two attached hydrogens (primary N) is 1. The van der Waals surface area contributed by atoms with Crippen molar-refractivity contribution in [1.82, 2.24) is 9.97 Å². The van der Waals surface area contributed by atoms with Crippen LogP contribution in [0.4, 0.5) is 5.13 Å². The van der Waals surface area contributed by atoms with Gasteiger partial charge in [0.25, 0.3) is 5.91 Å². The molecule has 96 valence electrons. The first kappa shape index (κ1) is 12.9. The third kappa shape index (κ3) is 3.71. The smallest absolute Gasteiger partial charge is 0.268 e. The molecule has 2 aromatic rings. The van der Waals surface area contributed by atoms with Crippen LogP contribution in [0.25, 0.3) is 6.08 Å². The number of anilines is 1. The van der Waals surface area contributed by atoms with Crippen LogP contribution in [0.5, 0.6) is 0 Å². The lowest BCUT2D eigenvalue weighted by atomic mass is 10.2. The van der Waals surface area contributed by atoms with Crippen LogP contribution < -0.4 is 11.1 Å². The number of hydrogen-bond acceptors (Lipinski definition) is 5. The largest absolute Gasteiger partial charge is 0.364 e. The number of aromatic nitrogens is 2. The average Bonchev–Trinajstić information content (AvgIpc) is 2.86. The highest BCUT2D eigenvalue weighted by atomic mass is 32.1. The lowest BCUT2D eigenvalue weighted by molar-refractivity contribution is -0.111. The summed E-state index contributed by atoms with van der Waals surface area (Å²) in [7, 11) is 0. The minimum atomic E-state index is -0.621. The van der Waals surface area contributed by atoms with E-state index in [1.54, 1.807) is 30.6 Å². The van der Waals surface area contributed by atoms with Gasteiger partial charge in [-0.1, -0.05) is 0 Å². The Balaban J connectivity index is 1.97. The SMILES string of the molecule is NC(=O)c1csc(NC(=O)/C=C/c2ccncc2)n1. The molecule has 19 heavy (non-hydrogen) atoms. The fourth-order valence-corrected chi connectivity index (χ4v) is 1.94. The van der Waals surface area contributed by atoms with Crippen LogP contribution in [0.15, 0.2) is 36.0 Å². The minimum absolute atomic E-state index is 0.137. The Labute approximate surface area is 113 Å². The number of nitrogens with one attached hydrogen (secondary N) is 1. The minimum Gasteiger partial charge on any atom is -0.364 e. The van der Waals surface area contributed by atoms with E-state index in [-0.39, 0.29) is 11.6 Å². The molecular weight excluding hydrogens is 264 g/mol. The number of carbonyl (C=O) groups excluding carboxylic acids is 2. The van der Waals surface area contributed by atoms with Crippen molar-refractivity contribution in [3.05, 3.63) is 47.2 Å². The average molecular weight is 274 g/mol. The summed E-state index contributed by atoms with van der Waals surface area (Å²) in [5.41, 5.74) is 6.07. The standard InChI is InChI=1S/C12H10N4O2S/c13-11(18)9-7-19-12(15-9)16-10(17)2-1-8-3-5-14-6-4-8/h1-7H,(H2,13,18)(H,15,16,17)/b2-1+. The summed E-state index contributed by atoms with van der Waals surface area (Å²) in [6.07, 6.45) is 6.30. The predicted molar refractivity (Wildman–Crippen MR) is 72.5 cm³/mol. The first-order valence-corrected chi connectivity index (χ1v) is 6.17. The maximum absolute atomic E-state index is 11.6. The molecule has 0 spiro atoms. The van der Waals surface area contributed by atoms with Gasteiger partial charge in [0.2, 0.25) is 5.91 Å². The van der Waals surface area contributed by atoms with E-state index >= 15 is 0 Å². The molecule has 0 aromatic carbocycles. The van der Waals surface area contributed by atoms with E-state index < -0.39 is 5.91 Å². The monoisotopic (exact) mass is 274 g/mol. The number of nitrogens with zero attached hydrogens (tertiary/aromatic N) is 2. The zero-order chi connectivity index (χ0) is 13.7. The maximum Gasteiger partial charge on any atom is 0.268 e. The van der Waals surface area contributed by atoms with Crippen molar-refractivity contribution in [2.75, 3.05) is 5.32 Å². The van der Waals surface area contributed by atoms with E-state index in [1.165, 1.54) is 11.5 Å². The van der Waals surface area contributed by atoms with Crippen LogP contribution in [-0.2, 0) is 4.79 Å². The molecule has 0 atom stereocenters. The Bertz CT molecular complexity index is 622. The highest BCUT2D eigenvalue weighted by Crippen LogP contribution is 2.14. The topological polar surface area (TPSA) is 98.0 Å². The van der Waals surface area contributed by atoms with Crippen LogP contribution >= 0.6 is 11.3 Å². The molecular formula is C12H10N4O2S. The molecule has 2 aromatic heterocycles. The van der Waals surface area contributed by atoms with Gasteiger partial charge >= 0.3 is 0 Å². The molecule has 0 aliphatic carbocycles. The number of carbonyl (C=O) groups is 2. The van der Waals surface area contributed by atoms with Gasteiger partial charge in [0.05, 0.1) is 0 Å². The number of primary amides is 1. The van der Waals surface area contributed by atoms with Gasteiger partial charge in [-0.2, -0.15) is 0 Å². The van der Waals surface area contributed by atoms with Crippen molar-refractivity contribution < 1.29 is 9.59 Å². The number of amides is 2. The molecule has 0 aliphatic heterocycles. The highest BCUT2D eigenvalue weighted by molar-refractivity contribution is 7.14. The van der Waals surface area contributed by atoms with Crippen LogP contribution in [-0.4, -0.2) is 21.8 Å². The molecule has 6 nitrogen and oxygen atoms in total. The lowest BCUT2D eigenvalue weighted by Gasteiger charge is -1.95. The van der Waals surface area contributed by atoms with Gasteiger partial charge in [0.15, 0.2) is 5.13 Å². The fraction of sp³-hybridized carbons (Fsp3) is 0. The molecule has 0 saturated carbocycles. The summed E-state index contributed by atoms with van der Waals surface area (Å²) in [5, 5.41) is 4.37. The van der Waals surface area contributed by atoms with E-state index in [1.807, 2.05) is 0 Å². The molecule has 0 radical (unpaired) electrons. The highest BCUT2D eigenvalue weighted by Gasteiger charge is 2.07. The molecule has 2 heterocycles. The van der Waals surface area contributed by atoms with Crippen LogP contribution in [0.2, 0.25) is 0 Å². The molecule has 3 N–H and O–H groups in total. The van der Waals surface area contributed by atoms with Gasteiger partial charge in [0, 0.05) is 23.8 Å². The number of thiazole rings is 1. The normalized spacial score (nSPS) is 10.5. The van der Waals surface area contributed by atoms with Gasteiger partial charge in [-0.3, -0.25) is 19.9 Å². The molecule has 0 saturated heterocycles. The Kier molecular flexibility index (Phi) is 3.99. The molecule has 0 unspecified atom stereocenters. The Morgan fingerprint density at radius 1 is 1.32 bits per heavy atom. The lowest BCUT2D eigenvalue weighted by Crippen LogP contribution is -2.12.